The van der Waals surface area contributed by atoms with Crippen LogP contribution in [0.25, 0.3) is 0 Å². The SMILES string of the molecule is COc1ccc(C(C)NC(=O)c2ccc(Cl)c(S(N)(=O)=O)c2)c(Cl)c1Cl. The number of carbonyl (C=O) groups is 1. The van der Waals surface area contributed by atoms with Crippen molar-refractivity contribution >= 4 is 50.7 Å². The van der Waals surface area contributed by atoms with E-state index in [-0.39, 0.29) is 25.5 Å². The molecule has 0 radical (unpaired) electrons. The van der Waals surface area contributed by atoms with E-state index < -0.39 is 22.0 Å². The van der Waals surface area contributed by atoms with Gasteiger partial charge in [-0.2, -0.15) is 0 Å². The molecule has 2 aromatic carbocycles. The van der Waals surface area contributed by atoms with Gasteiger partial charge >= 0.3 is 0 Å². The fourth-order valence-corrected chi connectivity index (χ4v) is 3.90. The average molecular weight is 438 g/mol. The van der Waals surface area contributed by atoms with Gasteiger partial charge in [-0.3, -0.25) is 4.79 Å². The number of nitrogens with one attached hydrogen (secondary N) is 1. The Labute approximate surface area is 166 Å². The molecule has 6 nitrogen and oxygen atoms in total. The predicted octanol–water partition coefficient (Wildman–Crippen LogP) is 3.79. The van der Waals surface area contributed by atoms with Crippen molar-refractivity contribution in [2.24, 2.45) is 5.14 Å². The molecule has 3 N–H and O–H groups in total. The van der Waals surface area contributed by atoms with Gasteiger partial charge in [0.1, 0.15) is 15.7 Å². The van der Waals surface area contributed by atoms with Gasteiger partial charge in [0, 0.05) is 5.56 Å². The standard InChI is InChI=1S/C16H15Cl3N2O4S/c1-8(10-4-6-12(25-2)15(19)14(10)18)21-16(22)9-3-5-11(17)13(7-9)26(20,23)24/h3-8H,1-2H3,(H,21,22)(H2,20,23,24). The molecule has 1 atom stereocenters. The monoisotopic (exact) mass is 436 g/mol. The van der Waals surface area contributed by atoms with Crippen molar-refractivity contribution in [3.05, 3.63) is 56.5 Å². The van der Waals surface area contributed by atoms with E-state index in [2.05, 4.69) is 5.32 Å². The van der Waals surface area contributed by atoms with Crippen LogP contribution in [0.5, 0.6) is 5.75 Å². The van der Waals surface area contributed by atoms with Crippen LogP contribution < -0.4 is 15.2 Å². The third kappa shape index (κ3) is 4.42. The molecule has 10 heteroatoms. The second-order valence-corrected chi connectivity index (χ2v) is 8.06. The summed E-state index contributed by atoms with van der Waals surface area (Å²) in [5.74, 6) is -0.114. The summed E-state index contributed by atoms with van der Waals surface area (Å²) in [4.78, 5) is 12.1. The molecule has 26 heavy (non-hydrogen) atoms. The first-order chi connectivity index (χ1) is 12.1. The molecule has 0 aliphatic carbocycles. The molecule has 0 heterocycles. The second-order valence-electron chi connectivity index (χ2n) is 5.37. The van der Waals surface area contributed by atoms with Crippen LogP contribution in [0.15, 0.2) is 35.2 Å². The van der Waals surface area contributed by atoms with Crippen LogP contribution in [0.1, 0.15) is 28.9 Å². The Morgan fingerprint density at radius 3 is 2.38 bits per heavy atom. The number of carbonyl (C=O) groups excluding carboxylic acids is 1. The lowest BCUT2D eigenvalue weighted by Crippen LogP contribution is -2.27. The second kappa shape index (κ2) is 8.02. The van der Waals surface area contributed by atoms with Gasteiger partial charge in [0.2, 0.25) is 10.0 Å². The zero-order valence-electron chi connectivity index (χ0n) is 13.7. The normalized spacial score (nSPS) is 12.5. The lowest BCUT2D eigenvalue weighted by molar-refractivity contribution is 0.0939. The summed E-state index contributed by atoms with van der Waals surface area (Å²) < 4.78 is 28.1. The average Bonchev–Trinajstić information content (AvgIpc) is 2.56. The topological polar surface area (TPSA) is 98.5 Å². The van der Waals surface area contributed by atoms with E-state index in [1.807, 2.05) is 0 Å². The summed E-state index contributed by atoms with van der Waals surface area (Å²) in [6.07, 6.45) is 0. The van der Waals surface area contributed by atoms with E-state index in [1.54, 1.807) is 19.1 Å². The number of sulfonamides is 1. The largest absolute Gasteiger partial charge is 0.495 e. The number of hydrogen-bond donors (Lipinski definition) is 2. The summed E-state index contributed by atoms with van der Waals surface area (Å²) in [6.45, 7) is 1.71. The van der Waals surface area contributed by atoms with Crippen molar-refractivity contribution < 1.29 is 17.9 Å². The Balaban J connectivity index is 2.29. The first-order valence-electron chi connectivity index (χ1n) is 7.21. The summed E-state index contributed by atoms with van der Waals surface area (Å²) in [7, 11) is -2.59. The number of methoxy groups -OCH3 is 1. The summed E-state index contributed by atoms with van der Waals surface area (Å²) in [5, 5.41) is 8.22. The highest BCUT2D eigenvalue weighted by atomic mass is 35.5. The van der Waals surface area contributed by atoms with Crippen molar-refractivity contribution in [3.63, 3.8) is 0 Å². The molecular weight excluding hydrogens is 423 g/mol. The minimum absolute atomic E-state index is 0.0675. The maximum absolute atomic E-state index is 12.4. The predicted molar refractivity (Wildman–Crippen MR) is 102 cm³/mol. The Kier molecular flexibility index (Phi) is 6.42. The summed E-state index contributed by atoms with van der Waals surface area (Å²) in [5.41, 5.74) is 0.660. The number of rotatable bonds is 5. The highest BCUT2D eigenvalue weighted by Crippen LogP contribution is 2.37. The molecule has 0 aliphatic heterocycles. The molecule has 1 unspecified atom stereocenters. The summed E-state index contributed by atoms with van der Waals surface area (Å²) in [6, 6.07) is 6.60. The van der Waals surface area contributed by atoms with Crippen molar-refractivity contribution in [1.82, 2.24) is 5.32 Å². The van der Waals surface area contributed by atoms with Crippen LogP contribution in [-0.4, -0.2) is 21.4 Å². The number of amides is 1. The molecule has 2 rings (SSSR count). The number of nitrogens with two attached hydrogens (primary N) is 1. The van der Waals surface area contributed by atoms with Crippen molar-refractivity contribution in [2.75, 3.05) is 7.11 Å². The first kappa shape index (κ1) is 20.8. The minimum atomic E-state index is -4.05. The molecule has 0 fully saturated rings. The number of hydrogen-bond acceptors (Lipinski definition) is 4. The Morgan fingerprint density at radius 1 is 1.15 bits per heavy atom. The van der Waals surface area contributed by atoms with Gasteiger partial charge in [0.25, 0.3) is 5.91 Å². The third-order valence-electron chi connectivity index (χ3n) is 3.61. The molecular formula is C16H15Cl3N2O4S. The maximum atomic E-state index is 12.4. The minimum Gasteiger partial charge on any atom is -0.495 e. The number of ether oxygens (including phenoxy) is 1. The Morgan fingerprint density at radius 2 is 1.81 bits per heavy atom. The smallest absolute Gasteiger partial charge is 0.251 e. The summed E-state index contributed by atoms with van der Waals surface area (Å²) >= 11 is 18.2. The zero-order chi connectivity index (χ0) is 19.6. The van der Waals surface area contributed by atoms with Crippen molar-refractivity contribution in [3.8, 4) is 5.75 Å². The molecule has 140 valence electrons. The van der Waals surface area contributed by atoms with Gasteiger partial charge in [-0.1, -0.05) is 40.9 Å². The molecule has 0 aromatic heterocycles. The highest BCUT2D eigenvalue weighted by Gasteiger charge is 2.20. The number of benzene rings is 2. The van der Waals surface area contributed by atoms with Gasteiger partial charge in [-0.05, 0) is 36.8 Å². The van der Waals surface area contributed by atoms with Crippen LogP contribution in [0.4, 0.5) is 0 Å². The molecule has 0 spiro atoms. The maximum Gasteiger partial charge on any atom is 0.251 e. The van der Waals surface area contributed by atoms with E-state index in [0.717, 1.165) is 6.07 Å². The van der Waals surface area contributed by atoms with Crippen LogP contribution in [0, 0.1) is 0 Å². The van der Waals surface area contributed by atoms with Gasteiger partial charge in [0.15, 0.2) is 0 Å². The van der Waals surface area contributed by atoms with Gasteiger partial charge in [-0.15, -0.1) is 0 Å². The fraction of sp³-hybridized carbons (Fsp3) is 0.188. The van der Waals surface area contributed by atoms with E-state index in [0.29, 0.717) is 11.3 Å². The van der Waals surface area contributed by atoms with Gasteiger partial charge in [-0.25, -0.2) is 13.6 Å². The fourth-order valence-electron chi connectivity index (χ4n) is 2.26. The Hall–Kier alpha value is -1.51. The van der Waals surface area contributed by atoms with Crippen LogP contribution in [-0.2, 0) is 10.0 Å². The number of halogens is 3. The van der Waals surface area contributed by atoms with Crippen LogP contribution >= 0.6 is 34.8 Å². The van der Waals surface area contributed by atoms with Gasteiger partial charge in [0.05, 0.1) is 23.2 Å². The zero-order valence-corrected chi connectivity index (χ0v) is 16.8. The van der Waals surface area contributed by atoms with Crippen LogP contribution in [0.2, 0.25) is 15.1 Å². The number of primary sulfonamides is 1. The molecule has 0 aliphatic rings. The van der Waals surface area contributed by atoms with Crippen molar-refractivity contribution in [1.29, 1.82) is 0 Å². The molecule has 0 bridgehead atoms. The van der Waals surface area contributed by atoms with E-state index >= 15 is 0 Å². The third-order valence-corrected chi connectivity index (χ3v) is 5.88. The lowest BCUT2D eigenvalue weighted by Gasteiger charge is -2.18. The van der Waals surface area contributed by atoms with Crippen LogP contribution in [0.3, 0.4) is 0 Å². The lowest BCUT2D eigenvalue weighted by atomic mass is 10.1. The first-order valence-corrected chi connectivity index (χ1v) is 9.89. The van der Waals surface area contributed by atoms with Gasteiger partial charge < -0.3 is 10.1 Å². The molecule has 0 saturated carbocycles. The highest BCUT2D eigenvalue weighted by molar-refractivity contribution is 7.89. The van der Waals surface area contributed by atoms with E-state index in [1.165, 1.54) is 19.2 Å². The Bertz CT molecular complexity index is 964. The van der Waals surface area contributed by atoms with E-state index in [4.69, 9.17) is 44.7 Å². The van der Waals surface area contributed by atoms with E-state index in [9.17, 15) is 13.2 Å². The quantitative estimate of drug-likeness (QED) is 0.743. The van der Waals surface area contributed by atoms with Crippen molar-refractivity contribution in [2.45, 2.75) is 17.9 Å². The molecule has 1 amide bonds. The molecule has 2 aromatic rings. The molecule has 0 saturated heterocycles.